The van der Waals surface area contributed by atoms with Gasteiger partial charge in [0.05, 0.1) is 11.8 Å². The van der Waals surface area contributed by atoms with Gasteiger partial charge in [-0.1, -0.05) is 0 Å². The molecule has 0 aliphatic heterocycles. The van der Waals surface area contributed by atoms with E-state index in [9.17, 15) is 4.79 Å². The Bertz CT molecular complexity index is 298. The highest BCUT2D eigenvalue weighted by Gasteiger charge is 2.05. The lowest BCUT2D eigenvalue weighted by Crippen LogP contribution is -2.24. The lowest BCUT2D eigenvalue weighted by molar-refractivity contribution is 0.0953. The minimum Gasteiger partial charge on any atom is -0.352 e. The van der Waals surface area contributed by atoms with Crippen molar-refractivity contribution in [3.63, 3.8) is 0 Å². The molecule has 1 N–H and O–H groups in total. The Labute approximate surface area is 88.2 Å². The largest absolute Gasteiger partial charge is 0.352 e. The molecule has 0 fully saturated rings. The summed E-state index contributed by atoms with van der Waals surface area (Å²) in [5.41, 5.74) is 0.596. The second-order valence-electron chi connectivity index (χ2n) is 3.05. The van der Waals surface area contributed by atoms with Crippen molar-refractivity contribution in [1.82, 2.24) is 15.1 Å². The number of carbonyl (C=O) groups is 1. The second kappa shape index (κ2) is 5.65. The fourth-order valence-electron chi connectivity index (χ4n) is 1.06. The zero-order valence-corrected chi connectivity index (χ0v) is 8.92. The molecule has 0 saturated carbocycles. The highest BCUT2D eigenvalue weighted by atomic mass is 35.5. The maximum absolute atomic E-state index is 11.4. The molecule has 1 amide bonds. The van der Waals surface area contributed by atoms with Crippen LogP contribution in [0.15, 0.2) is 12.4 Å². The van der Waals surface area contributed by atoms with Gasteiger partial charge in [0.1, 0.15) is 0 Å². The molecule has 1 heterocycles. The van der Waals surface area contributed by atoms with Crippen LogP contribution in [0.1, 0.15) is 23.2 Å². The summed E-state index contributed by atoms with van der Waals surface area (Å²) in [4.78, 5) is 11.4. The van der Waals surface area contributed by atoms with Crippen molar-refractivity contribution in [2.75, 3.05) is 12.4 Å². The molecule has 0 aliphatic carbocycles. The fourth-order valence-corrected chi connectivity index (χ4v) is 1.25. The number of halogens is 1. The van der Waals surface area contributed by atoms with Crippen LogP contribution >= 0.6 is 11.6 Å². The number of hydrogen-bond acceptors (Lipinski definition) is 2. The summed E-state index contributed by atoms with van der Waals surface area (Å²) >= 11 is 5.51. The quantitative estimate of drug-likeness (QED) is 0.592. The highest BCUT2D eigenvalue weighted by molar-refractivity contribution is 6.17. The van der Waals surface area contributed by atoms with Crippen molar-refractivity contribution >= 4 is 17.5 Å². The van der Waals surface area contributed by atoms with Crippen molar-refractivity contribution in [2.45, 2.75) is 12.8 Å². The number of amides is 1. The highest BCUT2D eigenvalue weighted by Crippen LogP contribution is 1.96. The Hall–Kier alpha value is -1.03. The Kier molecular flexibility index (Phi) is 4.46. The lowest BCUT2D eigenvalue weighted by Gasteiger charge is -2.01. The van der Waals surface area contributed by atoms with Gasteiger partial charge in [0.2, 0.25) is 0 Å². The SMILES string of the molecule is Cn1cc(C(=O)NCCCCCl)cn1. The average Bonchev–Trinajstić information content (AvgIpc) is 2.59. The molecule has 0 bridgehead atoms. The van der Waals surface area contributed by atoms with Crippen molar-refractivity contribution in [3.05, 3.63) is 18.0 Å². The van der Waals surface area contributed by atoms with Gasteiger partial charge < -0.3 is 5.32 Å². The number of nitrogens with zero attached hydrogens (tertiary/aromatic N) is 2. The average molecular weight is 216 g/mol. The van der Waals surface area contributed by atoms with E-state index in [1.54, 1.807) is 24.1 Å². The molecule has 0 radical (unpaired) electrons. The van der Waals surface area contributed by atoms with E-state index in [1.807, 2.05) is 0 Å². The van der Waals surface area contributed by atoms with E-state index < -0.39 is 0 Å². The van der Waals surface area contributed by atoms with Crippen LogP contribution in [-0.2, 0) is 7.05 Å². The van der Waals surface area contributed by atoms with E-state index in [0.717, 1.165) is 12.8 Å². The first-order chi connectivity index (χ1) is 6.74. The van der Waals surface area contributed by atoms with Gasteiger partial charge in [-0.05, 0) is 12.8 Å². The predicted octanol–water partition coefficient (Wildman–Crippen LogP) is 1.17. The van der Waals surface area contributed by atoms with Crippen LogP contribution in [0.4, 0.5) is 0 Å². The maximum Gasteiger partial charge on any atom is 0.254 e. The third kappa shape index (κ3) is 3.38. The Morgan fingerprint density at radius 3 is 3.00 bits per heavy atom. The van der Waals surface area contributed by atoms with E-state index in [2.05, 4.69) is 10.4 Å². The normalized spacial score (nSPS) is 10.1. The molecule has 78 valence electrons. The van der Waals surface area contributed by atoms with Gasteiger partial charge in [0, 0.05) is 25.7 Å². The molecule has 0 spiro atoms. The van der Waals surface area contributed by atoms with Crippen molar-refractivity contribution < 1.29 is 4.79 Å². The molecule has 1 rings (SSSR count). The molecule has 0 unspecified atom stereocenters. The minimum absolute atomic E-state index is 0.0762. The molecule has 1 aromatic heterocycles. The standard InChI is InChI=1S/C9H14ClN3O/c1-13-7-8(6-12-13)9(14)11-5-3-2-4-10/h6-7H,2-5H2,1H3,(H,11,14). The predicted molar refractivity (Wildman–Crippen MR) is 55.5 cm³/mol. The summed E-state index contributed by atoms with van der Waals surface area (Å²) in [6.07, 6.45) is 5.08. The topological polar surface area (TPSA) is 46.9 Å². The van der Waals surface area contributed by atoms with E-state index in [1.165, 1.54) is 0 Å². The fraction of sp³-hybridized carbons (Fsp3) is 0.556. The monoisotopic (exact) mass is 215 g/mol. The number of aryl methyl sites for hydroxylation is 1. The number of unbranched alkanes of at least 4 members (excludes halogenated alkanes) is 1. The van der Waals surface area contributed by atoms with Crippen LogP contribution in [0, 0.1) is 0 Å². The smallest absolute Gasteiger partial charge is 0.254 e. The molecular weight excluding hydrogens is 202 g/mol. The van der Waals surface area contributed by atoms with Crippen LogP contribution in [-0.4, -0.2) is 28.1 Å². The summed E-state index contributed by atoms with van der Waals surface area (Å²) in [5, 5.41) is 6.71. The summed E-state index contributed by atoms with van der Waals surface area (Å²) in [5.74, 6) is 0.565. The van der Waals surface area contributed by atoms with Crippen molar-refractivity contribution in [2.24, 2.45) is 7.05 Å². The summed E-state index contributed by atoms with van der Waals surface area (Å²) in [6.45, 7) is 0.667. The molecule has 0 aliphatic rings. The first kappa shape index (κ1) is 11.0. The van der Waals surface area contributed by atoms with Crippen LogP contribution in [0.25, 0.3) is 0 Å². The first-order valence-electron chi connectivity index (χ1n) is 4.57. The van der Waals surface area contributed by atoms with Crippen LogP contribution in [0.3, 0.4) is 0 Å². The molecule has 5 heteroatoms. The number of aromatic nitrogens is 2. The van der Waals surface area contributed by atoms with Gasteiger partial charge in [-0.25, -0.2) is 0 Å². The third-order valence-electron chi connectivity index (χ3n) is 1.81. The van der Waals surface area contributed by atoms with E-state index in [4.69, 9.17) is 11.6 Å². The Balaban J connectivity index is 2.29. The van der Waals surface area contributed by atoms with Crippen molar-refractivity contribution in [1.29, 1.82) is 0 Å². The summed E-state index contributed by atoms with van der Waals surface area (Å²) in [7, 11) is 1.78. The number of carbonyl (C=O) groups excluding carboxylic acids is 1. The second-order valence-corrected chi connectivity index (χ2v) is 3.43. The zero-order valence-electron chi connectivity index (χ0n) is 8.16. The Morgan fingerprint density at radius 1 is 1.64 bits per heavy atom. The Morgan fingerprint density at radius 2 is 2.43 bits per heavy atom. The lowest BCUT2D eigenvalue weighted by atomic mass is 10.3. The number of nitrogens with one attached hydrogen (secondary N) is 1. The summed E-state index contributed by atoms with van der Waals surface area (Å²) < 4.78 is 1.60. The van der Waals surface area contributed by atoms with E-state index >= 15 is 0 Å². The molecule has 0 atom stereocenters. The minimum atomic E-state index is -0.0762. The van der Waals surface area contributed by atoms with Gasteiger partial charge in [-0.3, -0.25) is 9.48 Å². The van der Waals surface area contributed by atoms with Gasteiger partial charge in [0.15, 0.2) is 0 Å². The van der Waals surface area contributed by atoms with Gasteiger partial charge in [-0.15, -0.1) is 11.6 Å². The molecule has 14 heavy (non-hydrogen) atoms. The first-order valence-corrected chi connectivity index (χ1v) is 5.10. The number of rotatable bonds is 5. The summed E-state index contributed by atoms with van der Waals surface area (Å²) in [6, 6.07) is 0. The van der Waals surface area contributed by atoms with Crippen LogP contribution < -0.4 is 5.32 Å². The molecule has 4 nitrogen and oxygen atoms in total. The van der Waals surface area contributed by atoms with E-state index in [0.29, 0.717) is 18.0 Å². The molecule has 1 aromatic rings. The van der Waals surface area contributed by atoms with Gasteiger partial charge >= 0.3 is 0 Å². The number of alkyl halides is 1. The number of hydrogen-bond donors (Lipinski definition) is 1. The zero-order chi connectivity index (χ0) is 10.4. The van der Waals surface area contributed by atoms with Crippen LogP contribution in [0.2, 0.25) is 0 Å². The maximum atomic E-state index is 11.4. The van der Waals surface area contributed by atoms with Crippen molar-refractivity contribution in [3.8, 4) is 0 Å². The van der Waals surface area contributed by atoms with Gasteiger partial charge in [0.25, 0.3) is 5.91 Å². The molecule has 0 aromatic carbocycles. The molecular formula is C9H14ClN3O. The third-order valence-corrected chi connectivity index (χ3v) is 2.08. The van der Waals surface area contributed by atoms with Crippen LogP contribution in [0.5, 0.6) is 0 Å². The van der Waals surface area contributed by atoms with Gasteiger partial charge in [-0.2, -0.15) is 5.10 Å². The molecule has 0 saturated heterocycles. The van der Waals surface area contributed by atoms with E-state index in [-0.39, 0.29) is 5.91 Å².